The van der Waals surface area contributed by atoms with Crippen LogP contribution in [0.3, 0.4) is 0 Å². The van der Waals surface area contributed by atoms with Crippen LogP contribution in [0.5, 0.6) is 0 Å². The van der Waals surface area contributed by atoms with E-state index in [-0.39, 0.29) is 9.76 Å². The summed E-state index contributed by atoms with van der Waals surface area (Å²) in [6.07, 6.45) is 0. The molecule has 0 spiro atoms. The van der Waals surface area contributed by atoms with Crippen molar-refractivity contribution in [3.05, 3.63) is 0 Å². The quantitative estimate of drug-likeness (QED) is 0.408. The summed E-state index contributed by atoms with van der Waals surface area (Å²) in [7, 11) is -0.101. The van der Waals surface area contributed by atoms with Crippen LogP contribution in [0.4, 0.5) is 0 Å². The summed E-state index contributed by atoms with van der Waals surface area (Å²) in [5.74, 6) is 0. The molecule has 0 bridgehead atoms. The molecule has 0 atom stereocenters. The molecule has 0 aromatic carbocycles. The fraction of sp³-hybridized carbons (Fsp3) is 1.00. The van der Waals surface area contributed by atoms with Crippen LogP contribution in [0.1, 0.15) is 6.92 Å². The highest BCUT2D eigenvalue weighted by molar-refractivity contribution is 6.35. The molecular formula is C5H14AlOSi. The van der Waals surface area contributed by atoms with Crippen LogP contribution in [-0.4, -0.2) is 31.6 Å². The first-order valence-electron chi connectivity index (χ1n) is 3.31. The molecule has 47 valence electrons. The summed E-state index contributed by atoms with van der Waals surface area (Å²) in [6.45, 7) is 5.48. The van der Waals surface area contributed by atoms with Crippen molar-refractivity contribution in [3.63, 3.8) is 0 Å². The minimum absolute atomic E-state index is 0.101. The molecule has 3 heteroatoms. The summed E-state index contributed by atoms with van der Waals surface area (Å²) in [6, 6.07) is 0. The zero-order chi connectivity index (χ0) is 6.24. The molecule has 0 aromatic heterocycles. The van der Waals surface area contributed by atoms with Gasteiger partial charge in [0.15, 0.2) is 9.76 Å². The topological polar surface area (TPSA) is 9.23 Å². The normalized spacial score (nSPS) is 10.8. The average Bonchev–Trinajstić information content (AvgIpc) is 1.81. The van der Waals surface area contributed by atoms with Crippen molar-refractivity contribution in [1.82, 2.24) is 0 Å². The molecule has 0 saturated heterocycles. The third-order valence-corrected chi connectivity index (χ3v) is 2.88. The summed E-state index contributed by atoms with van der Waals surface area (Å²) >= 11 is 0.710. The minimum Gasteiger partial charge on any atom is -0.426 e. The van der Waals surface area contributed by atoms with Crippen molar-refractivity contribution < 1.29 is 4.43 Å². The molecule has 0 aromatic rings. The number of hydrogen-bond acceptors (Lipinski definition) is 1. The summed E-state index contributed by atoms with van der Waals surface area (Å²) in [4.78, 5) is 0. The van der Waals surface area contributed by atoms with Crippen molar-refractivity contribution in [3.8, 4) is 0 Å². The van der Waals surface area contributed by atoms with Crippen LogP contribution in [0, 0.1) is 0 Å². The summed E-state index contributed by atoms with van der Waals surface area (Å²) < 4.78 is 5.30. The molecular weight excluding hydrogens is 131 g/mol. The van der Waals surface area contributed by atoms with Gasteiger partial charge in [-0.2, -0.15) is 0 Å². The first-order valence-corrected chi connectivity index (χ1v) is 6.93. The largest absolute Gasteiger partial charge is 0.426 e. The lowest BCUT2D eigenvalue weighted by Crippen LogP contribution is -1.98. The highest BCUT2D eigenvalue weighted by Gasteiger charge is 1.86. The standard InChI is InChI=1S/C3H9OSi.C2H5.Al/c1-3-4-5-2;1-2;/h1,3,5H2,2H3;1H2,2H3;. The lowest BCUT2D eigenvalue weighted by Gasteiger charge is -1.95. The predicted octanol–water partition coefficient (Wildman–Crippen LogP) is 0.696. The maximum Gasteiger partial charge on any atom is 0.203 e. The van der Waals surface area contributed by atoms with Crippen molar-refractivity contribution in [1.29, 1.82) is 0 Å². The fourth-order valence-corrected chi connectivity index (χ4v) is 2.05. The number of hydrogen-bond donors (Lipinski definition) is 0. The van der Waals surface area contributed by atoms with Crippen molar-refractivity contribution in [2.75, 3.05) is 6.61 Å². The lowest BCUT2D eigenvalue weighted by molar-refractivity contribution is 0.363. The van der Waals surface area contributed by atoms with Crippen molar-refractivity contribution in [2.24, 2.45) is 0 Å². The van der Waals surface area contributed by atoms with Crippen molar-refractivity contribution >= 4 is 25.0 Å². The van der Waals surface area contributed by atoms with E-state index in [0.717, 1.165) is 6.61 Å². The fourth-order valence-electron chi connectivity index (χ4n) is 0.515. The Labute approximate surface area is 60.5 Å². The van der Waals surface area contributed by atoms with Crippen LogP contribution in [0.2, 0.25) is 17.1 Å². The van der Waals surface area contributed by atoms with Gasteiger partial charge in [0, 0.05) is 6.61 Å². The molecule has 0 N–H and O–H groups in total. The maximum absolute atomic E-state index is 5.30. The van der Waals surface area contributed by atoms with Gasteiger partial charge in [0.05, 0.1) is 0 Å². The zero-order valence-electron chi connectivity index (χ0n) is 5.81. The van der Waals surface area contributed by atoms with E-state index in [2.05, 4.69) is 13.5 Å². The molecule has 1 nitrogen and oxygen atoms in total. The molecule has 0 aliphatic carbocycles. The molecule has 0 fully saturated rings. The van der Waals surface area contributed by atoms with Crippen LogP contribution in [0.25, 0.3) is 0 Å². The first kappa shape index (κ1) is 8.71. The Morgan fingerprint density at radius 3 is 2.88 bits per heavy atom. The lowest BCUT2D eigenvalue weighted by atomic mass is 10.9. The van der Waals surface area contributed by atoms with Crippen LogP contribution in [0.15, 0.2) is 0 Å². The Hall–Kier alpha value is 0.709. The zero-order valence-corrected chi connectivity index (χ0v) is 8.38. The van der Waals surface area contributed by atoms with Gasteiger partial charge < -0.3 is 4.43 Å². The van der Waals surface area contributed by atoms with Crippen LogP contribution >= 0.6 is 0 Å². The van der Waals surface area contributed by atoms with E-state index in [1.165, 1.54) is 10.6 Å². The van der Waals surface area contributed by atoms with Gasteiger partial charge >= 0.3 is 0 Å². The van der Waals surface area contributed by atoms with E-state index < -0.39 is 0 Å². The molecule has 1 radical (unpaired) electrons. The van der Waals surface area contributed by atoms with Gasteiger partial charge in [-0.3, -0.25) is 0 Å². The average molecular weight is 145 g/mol. The Morgan fingerprint density at radius 1 is 1.62 bits per heavy atom. The second kappa shape index (κ2) is 7.71. The molecule has 0 heterocycles. The maximum atomic E-state index is 5.30. The van der Waals surface area contributed by atoms with E-state index in [1.807, 2.05) is 0 Å². The molecule has 0 amide bonds. The molecule has 0 aliphatic heterocycles. The van der Waals surface area contributed by atoms with E-state index >= 15 is 0 Å². The Morgan fingerprint density at radius 2 is 2.38 bits per heavy atom. The molecule has 0 rings (SSSR count). The first-order chi connectivity index (χ1) is 3.91. The van der Waals surface area contributed by atoms with E-state index in [0.29, 0.717) is 15.2 Å². The Bertz CT molecular complexity index is 37.4. The third-order valence-electron chi connectivity index (χ3n) is 0.959. The monoisotopic (exact) mass is 145 g/mol. The predicted molar refractivity (Wildman–Crippen MR) is 41.4 cm³/mol. The second-order valence-electron chi connectivity index (χ2n) is 1.68. The molecule has 0 aliphatic rings. The van der Waals surface area contributed by atoms with E-state index in [4.69, 9.17) is 4.43 Å². The molecule has 0 saturated carbocycles. The van der Waals surface area contributed by atoms with Gasteiger partial charge in [-0.15, -0.1) is 5.28 Å². The smallest absolute Gasteiger partial charge is 0.203 e. The highest BCUT2D eigenvalue weighted by Crippen LogP contribution is 1.83. The molecule has 8 heavy (non-hydrogen) atoms. The van der Waals surface area contributed by atoms with Gasteiger partial charge in [-0.1, -0.05) is 18.8 Å². The number of rotatable bonds is 5. The van der Waals surface area contributed by atoms with Gasteiger partial charge in [0.25, 0.3) is 0 Å². The summed E-state index contributed by atoms with van der Waals surface area (Å²) in [5, 5.41) is 2.73. The SMILES string of the molecule is C[CH2][Al][CH2]CO[SiH2]C. The van der Waals surface area contributed by atoms with Gasteiger partial charge in [-0.25, -0.2) is 0 Å². The minimum atomic E-state index is -0.101. The summed E-state index contributed by atoms with van der Waals surface area (Å²) in [5.41, 5.74) is 0. The highest BCUT2D eigenvalue weighted by atomic mass is 28.2. The van der Waals surface area contributed by atoms with Crippen LogP contribution < -0.4 is 0 Å². The van der Waals surface area contributed by atoms with Gasteiger partial charge in [-0.05, 0) is 0 Å². The second-order valence-corrected chi connectivity index (χ2v) is 4.64. The van der Waals surface area contributed by atoms with Crippen molar-refractivity contribution in [2.45, 2.75) is 24.0 Å². The van der Waals surface area contributed by atoms with E-state index in [9.17, 15) is 0 Å². The third kappa shape index (κ3) is 6.71. The van der Waals surface area contributed by atoms with E-state index in [1.54, 1.807) is 0 Å². The van der Waals surface area contributed by atoms with Gasteiger partial charge in [0.2, 0.25) is 15.2 Å². The van der Waals surface area contributed by atoms with Crippen LogP contribution in [-0.2, 0) is 4.43 Å². The Balaban J connectivity index is 2.53. The Kier molecular flexibility index (Phi) is 8.39. The molecule has 0 unspecified atom stereocenters. The van der Waals surface area contributed by atoms with Gasteiger partial charge in [0.1, 0.15) is 0 Å².